The zero-order chi connectivity index (χ0) is 15.3. The molecule has 0 bridgehead atoms. The van der Waals surface area contributed by atoms with Crippen LogP contribution >= 0.6 is 0 Å². The molecular formula is C16H28FN3. The van der Waals surface area contributed by atoms with E-state index in [0.29, 0.717) is 6.04 Å². The number of halogens is 1. The van der Waals surface area contributed by atoms with Gasteiger partial charge >= 0.3 is 0 Å². The second kappa shape index (κ2) is 7.60. The van der Waals surface area contributed by atoms with E-state index in [1.165, 1.54) is 0 Å². The summed E-state index contributed by atoms with van der Waals surface area (Å²) in [6.07, 6.45) is 0. The Morgan fingerprint density at radius 3 is 2.40 bits per heavy atom. The standard InChI is InChI=1S/C16H28FN3/c1-7-20(12(2)11-19(5)6)16-9-8-14(17)10-15(16)13(3)18-4/h8-10,12-13,18H,7,11H2,1-6H3. The van der Waals surface area contributed by atoms with Crippen molar-refractivity contribution in [3.05, 3.63) is 29.6 Å². The first kappa shape index (κ1) is 16.9. The van der Waals surface area contributed by atoms with Crippen molar-refractivity contribution in [1.82, 2.24) is 10.2 Å². The Hall–Kier alpha value is -1.13. The maximum atomic E-state index is 13.6. The Kier molecular flexibility index (Phi) is 6.43. The predicted molar refractivity (Wildman–Crippen MR) is 84.9 cm³/mol. The number of benzene rings is 1. The molecule has 0 spiro atoms. The lowest BCUT2D eigenvalue weighted by molar-refractivity contribution is 0.372. The largest absolute Gasteiger partial charge is 0.368 e. The molecule has 20 heavy (non-hydrogen) atoms. The second-order valence-corrected chi connectivity index (χ2v) is 5.61. The fourth-order valence-electron chi connectivity index (χ4n) is 2.64. The highest BCUT2D eigenvalue weighted by Gasteiger charge is 2.19. The third-order valence-corrected chi connectivity index (χ3v) is 3.70. The number of hydrogen-bond acceptors (Lipinski definition) is 3. The van der Waals surface area contributed by atoms with Gasteiger partial charge in [0.25, 0.3) is 0 Å². The topological polar surface area (TPSA) is 18.5 Å². The molecule has 0 aliphatic carbocycles. The van der Waals surface area contributed by atoms with Gasteiger partial charge in [-0.15, -0.1) is 0 Å². The van der Waals surface area contributed by atoms with Crippen LogP contribution in [0.2, 0.25) is 0 Å². The van der Waals surface area contributed by atoms with Gasteiger partial charge in [0.15, 0.2) is 0 Å². The molecule has 3 nitrogen and oxygen atoms in total. The van der Waals surface area contributed by atoms with E-state index in [1.54, 1.807) is 12.1 Å². The summed E-state index contributed by atoms with van der Waals surface area (Å²) >= 11 is 0. The van der Waals surface area contributed by atoms with Crippen molar-refractivity contribution in [3.8, 4) is 0 Å². The summed E-state index contributed by atoms with van der Waals surface area (Å²) in [6.45, 7) is 8.29. The molecule has 0 aliphatic rings. The van der Waals surface area contributed by atoms with E-state index in [4.69, 9.17) is 0 Å². The Morgan fingerprint density at radius 1 is 1.25 bits per heavy atom. The van der Waals surface area contributed by atoms with Crippen LogP contribution in [0.1, 0.15) is 32.4 Å². The predicted octanol–water partition coefficient (Wildman–Crippen LogP) is 2.88. The molecule has 0 saturated carbocycles. The summed E-state index contributed by atoms with van der Waals surface area (Å²) < 4.78 is 13.6. The lowest BCUT2D eigenvalue weighted by atomic mass is 10.0. The number of hydrogen-bond donors (Lipinski definition) is 1. The van der Waals surface area contributed by atoms with Gasteiger partial charge in [-0.25, -0.2) is 4.39 Å². The highest BCUT2D eigenvalue weighted by Crippen LogP contribution is 2.28. The molecule has 114 valence electrons. The van der Waals surface area contributed by atoms with Crippen LogP contribution in [0.4, 0.5) is 10.1 Å². The molecule has 0 amide bonds. The van der Waals surface area contributed by atoms with Crippen molar-refractivity contribution in [3.63, 3.8) is 0 Å². The summed E-state index contributed by atoms with van der Waals surface area (Å²) in [6, 6.07) is 5.59. The Labute approximate surface area is 122 Å². The van der Waals surface area contributed by atoms with Gasteiger partial charge in [0.1, 0.15) is 5.82 Å². The molecule has 0 fully saturated rings. The van der Waals surface area contributed by atoms with Gasteiger partial charge in [-0.05, 0) is 65.7 Å². The quantitative estimate of drug-likeness (QED) is 0.829. The van der Waals surface area contributed by atoms with E-state index >= 15 is 0 Å². The van der Waals surface area contributed by atoms with Crippen LogP contribution in [-0.4, -0.2) is 45.2 Å². The van der Waals surface area contributed by atoms with Crippen molar-refractivity contribution in [2.24, 2.45) is 0 Å². The van der Waals surface area contributed by atoms with Gasteiger partial charge in [0.05, 0.1) is 0 Å². The van der Waals surface area contributed by atoms with E-state index in [-0.39, 0.29) is 11.9 Å². The zero-order valence-corrected chi connectivity index (χ0v) is 13.6. The van der Waals surface area contributed by atoms with Crippen molar-refractivity contribution in [1.29, 1.82) is 0 Å². The highest BCUT2D eigenvalue weighted by molar-refractivity contribution is 5.56. The second-order valence-electron chi connectivity index (χ2n) is 5.61. The minimum atomic E-state index is -0.179. The lowest BCUT2D eigenvalue weighted by Gasteiger charge is -2.34. The molecule has 0 saturated heterocycles. The van der Waals surface area contributed by atoms with Crippen molar-refractivity contribution >= 4 is 5.69 Å². The molecule has 4 heteroatoms. The van der Waals surface area contributed by atoms with Crippen LogP contribution in [0.3, 0.4) is 0 Å². The summed E-state index contributed by atoms with van der Waals surface area (Å²) in [7, 11) is 6.05. The van der Waals surface area contributed by atoms with Crippen LogP contribution in [-0.2, 0) is 0 Å². The summed E-state index contributed by atoms with van der Waals surface area (Å²) in [5, 5.41) is 3.20. The lowest BCUT2D eigenvalue weighted by Crippen LogP contribution is -2.41. The first-order valence-corrected chi connectivity index (χ1v) is 7.28. The molecule has 2 unspecified atom stereocenters. The normalized spacial score (nSPS) is 14.4. The van der Waals surface area contributed by atoms with Crippen LogP contribution in [0.5, 0.6) is 0 Å². The Balaban J connectivity index is 3.14. The molecule has 0 heterocycles. The van der Waals surface area contributed by atoms with Crippen molar-refractivity contribution in [2.75, 3.05) is 39.1 Å². The van der Waals surface area contributed by atoms with Gasteiger partial charge in [0, 0.05) is 30.9 Å². The van der Waals surface area contributed by atoms with Crippen molar-refractivity contribution in [2.45, 2.75) is 32.9 Å². The van der Waals surface area contributed by atoms with E-state index in [9.17, 15) is 4.39 Å². The third-order valence-electron chi connectivity index (χ3n) is 3.70. The number of nitrogens with one attached hydrogen (secondary N) is 1. The Morgan fingerprint density at radius 2 is 1.90 bits per heavy atom. The van der Waals surface area contributed by atoms with E-state index in [1.807, 2.05) is 13.1 Å². The average Bonchev–Trinajstić information content (AvgIpc) is 2.39. The fraction of sp³-hybridized carbons (Fsp3) is 0.625. The number of likely N-dealkylation sites (N-methyl/N-ethyl adjacent to an activating group) is 2. The monoisotopic (exact) mass is 281 g/mol. The molecule has 0 radical (unpaired) electrons. The first-order valence-electron chi connectivity index (χ1n) is 7.28. The smallest absolute Gasteiger partial charge is 0.123 e. The highest BCUT2D eigenvalue weighted by atomic mass is 19.1. The third kappa shape index (κ3) is 4.18. The fourth-order valence-corrected chi connectivity index (χ4v) is 2.64. The van der Waals surface area contributed by atoms with E-state index in [2.05, 4.69) is 50.0 Å². The molecule has 1 aromatic rings. The Bertz CT molecular complexity index is 420. The minimum Gasteiger partial charge on any atom is -0.368 e. The molecule has 1 aromatic carbocycles. The average molecular weight is 281 g/mol. The van der Waals surface area contributed by atoms with Crippen LogP contribution in [0.15, 0.2) is 18.2 Å². The summed E-state index contributed by atoms with van der Waals surface area (Å²) in [4.78, 5) is 4.51. The molecule has 1 rings (SSSR count). The molecule has 2 atom stereocenters. The van der Waals surface area contributed by atoms with Crippen LogP contribution < -0.4 is 10.2 Å². The molecular weight excluding hydrogens is 253 g/mol. The van der Waals surface area contributed by atoms with Gasteiger partial charge in [-0.2, -0.15) is 0 Å². The maximum absolute atomic E-state index is 13.6. The van der Waals surface area contributed by atoms with E-state index in [0.717, 1.165) is 24.3 Å². The molecule has 1 N–H and O–H groups in total. The number of anilines is 1. The summed E-state index contributed by atoms with van der Waals surface area (Å²) in [5.41, 5.74) is 2.13. The first-order chi connectivity index (χ1) is 9.40. The van der Waals surface area contributed by atoms with Crippen LogP contribution in [0.25, 0.3) is 0 Å². The minimum absolute atomic E-state index is 0.126. The molecule has 0 aromatic heterocycles. The summed E-state index contributed by atoms with van der Waals surface area (Å²) in [5.74, 6) is -0.179. The number of rotatable bonds is 7. The van der Waals surface area contributed by atoms with Gasteiger partial charge < -0.3 is 15.1 Å². The molecule has 0 aliphatic heterocycles. The van der Waals surface area contributed by atoms with Crippen molar-refractivity contribution < 1.29 is 4.39 Å². The zero-order valence-electron chi connectivity index (χ0n) is 13.6. The van der Waals surface area contributed by atoms with Crippen LogP contribution in [0, 0.1) is 5.82 Å². The number of nitrogens with zero attached hydrogens (tertiary/aromatic N) is 2. The van der Waals surface area contributed by atoms with Gasteiger partial charge in [0.2, 0.25) is 0 Å². The van der Waals surface area contributed by atoms with Gasteiger partial charge in [-0.3, -0.25) is 0 Å². The van der Waals surface area contributed by atoms with Gasteiger partial charge in [-0.1, -0.05) is 0 Å². The van der Waals surface area contributed by atoms with E-state index < -0.39 is 0 Å². The maximum Gasteiger partial charge on any atom is 0.123 e. The SMILES string of the molecule is CCN(c1ccc(F)cc1C(C)NC)C(C)CN(C)C.